The molecule has 0 aliphatic carbocycles. The SMILES string of the molecule is Cc1cc(C(=N)N)ccc1CN1CCC(C)C1. The molecule has 17 heavy (non-hydrogen) atoms. The molecule has 0 bridgehead atoms. The predicted octanol–water partition coefficient (Wildman–Crippen LogP) is 2.12. The molecule has 1 aromatic rings. The Hall–Kier alpha value is -1.35. The summed E-state index contributed by atoms with van der Waals surface area (Å²) in [4.78, 5) is 2.50. The highest BCUT2D eigenvalue weighted by Gasteiger charge is 2.18. The van der Waals surface area contributed by atoms with E-state index in [0.717, 1.165) is 18.0 Å². The molecule has 92 valence electrons. The van der Waals surface area contributed by atoms with Gasteiger partial charge in [0.15, 0.2) is 0 Å². The van der Waals surface area contributed by atoms with Gasteiger partial charge >= 0.3 is 0 Å². The van der Waals surface area contributed by atoms with Gasteiger partial charge in [-0.25, -0.2) is 0 Å². The van der Waals surface area contributed by atoms with Gasteiger partial charge in [0.1, 0.15) is 5.84 Å². The maximum absolute atomic E-state index is 7.42. The fourth-order valence-corrected chi connectivity index (χ4v) is 2.45. The molecular weight excluding hydrogens is 210 g/mol. The van der Waals surface area contributed by atoms with Crippen LogP contribution >= 0.6 is 0 Å². The van der Waals surface area contributed by atoms with Crippen LogP contribution in [0.3, 0.4) is 0 Å². The molecule has 1 fully saturated rings. The molecule has 0 spiro atoms. The summed E-state index contributed by atoms with van der Waals surface area (Å²) in [6.07, 6.45) is 1.31. The lowest BCUT2D eigenvalue weighted by Gasteiger charge is -2.17. The number of likely N-dealkylation sites (tertiary alicyclic amines) is 1. The van der Waals surface area contributed by atoms with Crippen LogP contribution in [-0.4, -0.2) is 23.8 Å². The molecule has 0 amide bonds. The average Bonchev–Trinajstić information content (AvgIpc) is 2.67. The average molecular weight is 231 g/mol. The van der Waals surface area contributed by atoms with Gasteiger partial charge in [0.25, 0.3) is 0 Å². The van der Waals surface area contributed by atoms with Crippen molar-refractivity contribution in [2.45, 2.75) is 26.8 Å². The van der Waals surface area contributed by atoms with E-state index in [2.05, 4.69) is 24.8 Å². The summed E-state index contributed by atoms with van der Waals surface area (Å²) in [6.45, 7) is 7.84. The van der Waals surface area contributed by atoms with E-state index in [-0.39, 0.29) is 5.84 Å². The Morgan fingerprint density at radius 3 is 2.82 bits per heavy atom. The zero-order chi connectivity index (χ0) is 12.4. The highest BCUT2D eigenvalue weighted by molar-refractivity contribution is 5.95. The lowest BCUT2D eigenvalue weighted by atomic mass is 10.0. The van der Waals surface area contributed by atoms with Gasteiger partial charge in [-0.15, -0.1) is 0 Å². The summed E-state index contributed by atoms with van der Waals surface area (Å²) >= 11 is 0. The predicted molar refractivity (Wildman–Crippen MR) is 71.3 cm³/mol. The van der Waals surface area contributed by atoms with E-state index >= 15 is 0 Å². The number of nitrogen functional groups attached to an aromatic ring is 1. The molecule has 2 rings (SSSR count). The van der Waals surface area contributed by atoms with Crippen molar-refractivity contribution in [1.29, 1.82) is 5.41 Å². The number of amidine groups is 1. The first-order valence-corrected chi connectivity index (χ1v) is 6.22. The van der Waals surface area contributed by atoms with E-state index in [4.69, 9.17) is 11.1 Å². The molecule has 0 saturated carbocycles. The Kier molecular flexibility index (Phi) is 3.48. The van der Waals surface area contributed by atoms with Gasteiger partial charge in [0.2, 0.25) is 0 Å². The summed E-state index contributed by atoms with van der Waals surface area (Å²) in [5.74, 6) is 0.973. The van der Waals surface area contributed by atoms with E-state index in [1.54, 1.807) is 0 Å². The van der Waals surface area contributed by atoms with Crippen molar-refractivity contribution < 1.29 is 0 Å². The van der Waals surface area contributed by atoms with Crippen LogP contribution in [0, 0.1) is 18.3 Å². The molecule has 3 N–H and O–H groups in total. The maximum Gasteiger partial charge on any atom is 0.122 e. The van der Waals surface area contributed by atoms with E-state index in [1.165, 1.54) is 30.6 Å². The Morgan fingerprint density at radius 1 is 1.53 bits per heavy atom. The third-order valence-corrected chi connectivity index (χ3v) is 3.56. The number of rotatable bonds is 3. The molecule has 1 unspecified atom stereocenters. The summed E-state index contributed by atoms with van der Waals surface area (Å²) in [7, 11) is 0. The van der Waals surface area contributed by atoms with Crippen molar-refractivity contribution in [3.63, 3.8) is 0 Å². The molecule has 1 aliphatic heterocycles. The van der Waals surface area contributed by atoms with Gasteiger partial charge in [-0.1, -0.05) is 19.1 Å². The summed E-state index contributed by atoms with van der Waals surface area (Å²) < 4.78 is 0. The molecule has 0 aromatic heterocycles. The number of hydrogen-bond acceptors (Lipinski definition) is 2. The van der Waals surface area contributed by atoms with Crippen molar-refractivity contribution in [1.82, 2.24) is 4.90 Å². The first-order chi connectivity index (χ1) is 8.06. The summed E-state index contributed by atoms with van der Waals surface area (Å²) in [5.41, 5.74) is 8.89. The minimum absolute atomic E-state index is 0.148. The quantitative estimate of drug-likeness (QED) is 0.618. The smallest absolute Gasteiger partial charge is 0.122 e. The highest BCUT2D eigenvalue weighted by atomic mass is 15.1. The fourth-order valence-electron chi connectivity index (χ4n) is 2.45. The van der Waals surface area contributed by atoms with Crippen molar-refractivity contribution in [2.24, 2.45) is 11.7 Å². The number of nitrogens with one attached hydrogen (secondary N) is 1. The van der Waals surface area contributed by atoms with E-state index < -0.39 is 0 Å². The largest absolute Gasteiger partial charge is 0.384 e. The van der Waals surface area contributed by atoms with Crippen LogP contribution in [0.1, 0.15) is 30.0 Å². The minimum atomic E-state index is 0.148. The Bertz CT molecular complexity index is 425. The van der Waals surface area contributed by atoms with Crippen molar-refractivity contribution in [3.05, 3.63) is 34.9 Å². The van der Waals surface area contributed by atoms with Crippen molar-refractivity contribution >= 4 is 5.84 Å². The fraction of sp³-hybridized carbons (Fsp3) is 0.500. The van der Waals surface area contributed by atoms with E-state index in [9.17, 15) is 0 Å². The highest BCUT2D eigenvalue weighted by Crippen LogP contribution is 2.20. The van der Waals surface area contributed by atoms with Crippen LogP contribution in [0.15, 0.2) is 18.2 Å². The van der Waals surface area contributed by atoms with Gasteiger partial charge in [0, 0.05) is 18.7 Å². The van der Waals surface area contributed by atoms with Gasteiger partial charge < -0.3 is 5.73 Å². The molecule has 1 aromatic carbocycles. The topological polar surface area (TPSA) is 53.1 Å². The zero-order valence-corrected chi connectivity index (χ0v) is 10.7. The third kappa shape index (κ3) is 2.86. The standard InChI is InChI=1S/C14H21N3/c1-10-5-6-17(8-10)9-13-4-3-12(14(15)16)7-11(13)2/h3-4,7,10H,5-6,8-9H2,1-2H3,(H3,15,16). The lowest BCUT2D eigenvalue weighted by Crippen LogP contribution is -2.20. The van der Waals surface area contributed by atoms with Crippen LogP contribution in [0.25, 0.3) is 0 Å². The van der Waals surface area contributed by atoms with Crippen LogP contribution in [0.5, 0.6) is 0 Å². The van der Waals surface area contributed by atoms with Crippen molar-refractivity contribution in [2.75, 3.05) is 13.1 Å². The zero-order valence-electron chi connectivity index (χ0n) is 10.7. The summed E-state index contributed by atoms with van der Waals surface area (Å²) in [6, 6.07) is 6.07. The molecule has 1 saturated heterocycles. The number of hydrogen-bond donors (Lipinski definition) is 2. The second-order valence-electron chi connectivity index (χ2n) is 5.18. The first-order valence-electron chi connectivity index (χ1n) is 6.22. The number of nitrogens with zero attached hydrogens (tertiary/aromatic N) is 1. The monoisotopic (exact) mass is 231 g/mol. The van der Waals surface area contributed by atoms with Crippen LogP contribution in [0.4, 0.5) is 0 Å². The van der Waals surface area contributed by atoms with Gasteiger partial charge in [-0.3, -0.25) is 10.3 Å². The minimum Gasteiger partial charge on any atom is -0.384 e. The number of aryl methyl sites for hydroxylation is 1. The van der Waals surface area contributed by atoms with Crippen LogP contribution in [0.2, 0.25) is 0 Å². The summed E-state index contributed by atoms with van der Waals surface area (Å²) in [5, 5.41) is 7.42. The maximum atomic E-state index is 7.42. The molecule has 3 heteroatoms. The lowest BCUT2D eigenvalue weighted by molar-refractivity contribution is 0.319. The molecule has 1 heterocycles. The van der Waals surface area contributed by atoms with Gasteiger partial charge in [-0.2, -0.15) is 0 Å². The molecule has 1 atom stereocenters. The molecular formula is C14H21N3. The van der Waals surface area contributed by atoms with E-state index in [0.29, 0.717) is 0 Å². The Labute approximate surface area is 103 Å². The van der Waals surface area contributed by atoms with Gasteiger partial charge in [-0.05, 0) is 43.0 Å². The van der Waals surface area contributed by atoms with Crippen LogP contribution in [-0.2, 0) is 6.54 Å². The number of nitrogens with two attached hydrogens (primary N) is 1. The van der Waals surface area contributed by atoms with Gasteiger partial charge in [0.05, 0.1) is 0 Å². The number of benzene rings is 1. The third-order valence-electron chi connectivity index (χ3n) is 3.56. The van der Waals surface area contributed by atoms with E-state index in [1.807, 2.05) is 12.1 Å². The molecule has 3 nitrogen and oxygen atoms in total. The van der Waals surface area contributed by atoms with Crippen LogP contribution < -0.4 is 5.73 Å². The molecule has 0 radical (unpaired) electrons. The Morgan fingerprint density at radius 2 is 2.29 bits per heavy atom. The first kappa shape index (κ1) is 12.1. The Balaban J connectivity index is 2.09. The molecule has 1 aliphatic rings. The second kappa shape index (κ2) is 4.88. The normalized spacial score (nSPS) is 20.7. The van der Waals surface area contributed by atoms with Crippen molar-refractivity contribution in [3.8, 4) is 0 Å². The second-order valence-corrected chi connectivity index (χ2v) is 5.18.